The quantitative estimate of drug-likeness (QED) is 0.459. The fraction of sp³-hybridized carbons (Fsp3) is 0.810. The van der Waals surface area contributed by atoms with Crippen LogP contribution in [0.15, 0.2) is 23.3 Å². The van der Waals surface area contributed by atoms with Gasteiger partial charge in [0.1, 0.15) is 0 Å². The Labute approximate surface area is 131 Å². The number of allylic oxidation sites excluding steroid dienone is 4. The van der Waals surface area contributed by atoms with Gasteiger partial charge in [-0.2, -0.15) is 0 Å². The van der Waals surface area contributed by atoms with Gasteiger partial charge >= 0.3 is 0 Å². The van der Waals surface area contributed by atoms with Gasteiger partial charge in [-0.25, -0.2) is 0 Å². The highest BCUT2D eigenvalue weighted by Crippen LogP contribution is 2.64. The first kappa shape index (κ1) is 14.1. The van der Waals surface area contributed by atoms with E-state index in [1.165, 1.54) is 57.8 Å². The molecule has 0 aromatic heterocycles. The molecule has 0 aliphatic heterocycles. The fourth-order valence-corrected chi connectivity index (χ4v) is 6.66. The molecule has 0 heteroatoms. The lowest BCUT2D eigenvalue weighted by molar-refractivity contribution is -0.0104. The highest BCUT2D eigenvalue weighted by atomic mass is 14.6. The average molecular weight is 284 g/mol. The Morgan fingerprint density at radius 2 is 1.76 bits per heavy atom. The Hall–Kier alpha value is -0.520. The molecule has 0 amide bonds. The van der Waals surface area contributed by atoms with Crippen molar-refractivity contribution in [2.24, 2.45) is 28.6 Å². The number of fused-ring (bicyclic) bond motifs is 5. The third kappa shape index (κ3) is 1.87. The second kappa shape index (κ2) is 4.74. The fourth-order valence-electron chi connectivity index (χ4n) is 6.66. The second-order valence-electron chi connectivity index (χ2n) is 8.90. The van der Waals surface area contributed by atoms with Crippen LogP contribution in [0, 0.1) is 28.6 Å². The lowest BCUT2D eigenvalue weighted by Gasteiger charge is -2.56. The van der Waals surface area contributed by atoms with E-state index < -0.39 is 0 Å². The molecular formula is C21H32. The van der Waals surface area contributed by atoms with Crippen molar-refractivity contribution in [1.29, 1.82) is 0 Å². The predicted molar refractivity (Wildman–Crippen MR) is 90.1 cm³/mol. The number of hydrogen-bond acceptors (Lipinski definition) is 0. The van der Waals surface area contributed by atoms with Crippen molar-refractivity contribution in [2.45, 2.75) is 78.6 Å². The van der Waals surface area contributed by atoms with E-state index in [0.717, 1.165) is 17.8 Å². The topological polar surface area (TPSA) is 0 Å². The lowest BCUT2D eigenvalue weighted by Crippen LogP contribution is -2.47. The van der Waals surface area contributed by atoms with Gasteiger partial charge in [-0.1, -0.05) is 50.0 Å². The molecule has 0 radical (unpaired) electrons. The van der Waals surface area contributed by atoms with Gasteiger partial charge in [-0.05, 0) is 80.5 Å². The third-order valence-electron chi connectivity index (χ3n) is 8.24. The molecule has 0 spiro atoms. The molecule has 21 heavy (non-hydrogen) atoms. The summed E-state index contributed by atoms with van der Waals surface area (Å²) in [4.78, 5) is 0. The van der Waals surface area contributed by atoms with E-state index in [1.54, 1.807) is 5.57 Å². The van der Waals surface area contributed by atoms with Crippen molar-refractivity contribution < 1.29 is 0 Å². The first-order valence-electron chi connectivity index (χ1n) is 9.42. The van der Waals surface area contributed by atoms with Gasteiger partial charge in [-0.3, -0.25) is 0 Å². The van der Waals surface area contributed by atoms with Gasteiger partial charge < -0.3 is 0 Å². The molecule has 2 saturated carbocycles. The largest absolute Gasteiger partial charge is 0.0847 e. The Kier molecular flexibility index (Phi) is 3.18. The van der Waals surface area contributed by atoms with E-state index in [2.05, 4.69) is 32.9 Å². The zero-order chi connectivity index (χ0) is 14.7. The van der Waals surface area contributed by atoms with Crippen LogP contribution in [0.25, 0.3) is 0 Å². The monoisotopic (exact) mass is 284 g/mol. The van der Waals surface area contributed by atoms with Crippen molar-refractivity contribution in [3.63, 3.8) is 0 Å². The zero-order valence-electron chi connectivity index (χ0n) is 14.3. The molecule has 0 aromatic carbocycles. The molecule has 0 unspecified atom stereocenters. The van der Waals surface area contributed by atoms with E-state index in [0.29, 0.717) is 10.8 Å². The molecule has 0 nitrogen and oxygen atoms in total. The highest BCUT2D eigenvalue weighted by molar-refractivity contribution is 5.28. The van der Waals surface area contributed by atoms with E-state index in [1.807, 2.05) is 5.57 Å². The molecule has 4 aliphatic carbocycles. The lowest BCUT2D eigenvalue weighted by atomic mass is 9.49. The standard InChI is InChI=1S/C21H32/c1-15-8-11-18-17-10-9-16-7-5-4-6-13-21(16,3)19(17)12-14-20(15,18)2/h8-9,17-19H,4-7,10-14H2,1-3H3/t17-,18-,19-,20+,21-/m0/s1. The van der Waals surface area contributed by atoms with Gasteiger partial charge in [-0.15, -0.1) is 0 Å². The zero-order valence-corrected chi connectivity index (χ0v) is 14.3. The normalized spacial score (nSPS) is 49.4. The van der Waals surface area contributed by atoms with Crippen LogP contribution in [-0.2, 0) is 0 Å². The van der Waals surface area contributed by atoms with Gasteiger partial charge in [0.25, 0.3) is 0 Å². The summed E-state index contributed by atoms with van der Waals surface area (Å²) in [6, 6.07) is 0. The van der Waals surface area contributed by atoms with E-state index >= 15 is 0 Å². The number of hydrogen-bond donors (Lipinski definition) is 0. The Bertz CT molecular complexity index is 496. The molecular weight excluding hydrogens is 252 g/mol. The average Bonchev–Trinajstić information content (AvgIpc) is 2.65. The van der Waals surface area contributed by atoms with Gasteiger partial charge in [0, 0.05) is 0 Å². The van der Waals surface area contributed by atoms with Crippen molar-refractivity contribution in [3.8, 4) is 0 Å². The molecule has 0 bridgehead atoms. The third-order valence-corrected chi connectivity index (χ3v) is 8.24. The minimum atomic E-state index is 0.535. The summed E-state index contributed by atoms with van der Waals surface area (Å²) >= 11 is 0. The van der Waals surface area contributed by atoms with Crippen LogP contribution < -0.4 is 0 Å². The maximum atomic E-state index is 2.70. The maximum absolute atomic E-state index is 2.70. The first-order chi connectivity index (χ1) is 10.1. The number of rotatable bonds is 0. The van der Waals surface area contributed by atoms with Crippen molar-refractivity contribution >= 4 is 0 Å². The molecule has 4 aliphatic rings. The molecule has 0 heterocycles. The molecule has 0 N–H and O–H groups in total. The molecule has 2 fully saturated rings. The molecule has 116 valence electrons. The van der Waals surface area contributed by atoms with Crippen molar-refractivity contribution in [1.82, 2.24) is 0 Å². The molecule has 0 aromatic rings. The van der Waals surface area contributed by atoms with Crippen LogP contribution in [0.2, 0.25) is 0 Å². The van der Waals surface area contributed by atoms with Gasteiger partial charge in [0.2, 0.25) is 0 Å². The van der Waals surface area contributed by atoms with Crippen LogP contribution >= 0.6 is 0 Å². The second-order valence-corrected chi connectivity index (χ2v) is 8.90. The van der Waals surface area contributed by atoms with Crippen molar-refractivity contribution in [2.75, 3.05) is 0 Å². The van der Waals surface area contributed by atoms with Crippen LogP contribution in [-0.4, -0.2) is 0 Å². The first-order valence-corrected chi connectivity index (χ1v) is 9.42. The smallest absolute Gasteiger partial charge is 0.00850 e. The summed E-state index contributed by atoms with van der Waals surface area (Å²) in [5.41, 5.74) is 4.64. The van der Waals surface area contributed by atoms with Crippen LogP contribution in [0.5, 0.6) is 0 Å². The van der Waals surface area contributed by atoms with Crippen LogP contribution in [0.4, 0.5) is 0 Å². The summed E-state index contributed by atoms with van der Waals surface area (Å²) in [6.45, 7) is 7.61. The summed E-state index contributed by atoms with van der Waals surface area (Å²) < 4.78 is 0. The van der Waals surface area contributed by atoms with Gasteiger partial charge in [0.05, 0.1) is 0 Å². The summed E-state index contributed by atoms with van der Waals surface area (Å²) in [5.74, 6) is 2.88. The minimum absolute atomic E-state index is 0.535. The van der Waals surface area contributed by atoms with Gasteiger partial charge in [0.15, 0.2) is 0 Å². The van der Waals surface area contributed by atoms with Crippen LogP contribution in [0.1, 0.15) is 78.6 Å². The maximum Gasteiger partial charge on any atom is -0.00850 e. The summed E-state index contributed by atoms with van der Waals surface area (Å²) in [5, 5.41) is 0. The van der Waals surface area contributed by atoms with E-state index in [9.17, 15) is 0 Å². The Balaban J connectivity index is 1.69. The van der Waals surface area contributed by atoms with E-state index in [-0.39, 0.29) is 0 Å². The van der Waals surface area contributed by atoms with Crippen LogP contribution in [0.3, 0.4) is 0 Å². The minimum Gasteiger partial charge on any atom is -0.0847 e. The summed E-state index contributed by atoms with van der Waals surface area (Å²) in [6.07, 6.45) is 18.2. The Morgan fingerprint density at radius 1 is 0.905 bits per heavy atom. The van der Waals surface area contributed by atoms with Crippen molar-refractivity contribution in [3.05, 3.63) is 23.3 Å². The Morgan fingerprint density at radius 3 is 2.62 bits per heavy atom. The SMILES string of the molecule is CC1=CC[C@H]2[C@@H]3CC=C4CCCCC[C@]4(C)[C@H]3CC[C@]12C. The predicted octanol–water partition coefficient (Wildman–Crippen LogP) is 6.29. The highest BCUT2D eigenvalue weighted by Gasteiger charge is 2.55. The molecule has 4 rings (SSSR count). The summed E-state index contributed by atoms with van der Waals surface area (Å²) in [7, 11) is 0. The van der Waals surface area contributed by atoms with E-state index in [4.69, 9.17) is 0 Å². The molecule has 0 saturated heterocycles. The molecule has 5 atom stereocenters.